The Hall–Kier alpha value is -3.01. The molecule has 8 nitrogen and oxygen atoms in total. The zero-order chi connectivity index (χ0) is 25.8. The second-order valence-electron chi connectivity index (χ2n) is 9.59. The number of nitrogens with zero attached hydrogens (tertiary/aromatic N) is 4. The van der Waals surface area contributed by atoms with Gasteiger partial charge in [0.2, 0.25) is 0 Å². The maximum Gasteiger partial charge on any atom is 0.111 e. The van der Waals surface area contributed by atoms with Gasteiger partial charge >= 0.3 is 0 Å². The van der Waals surface area contributed by atoms with Crippen LogP contribution in [-0.2, 0) is 0 Å². The summed E-state index contributed by atoms with van der Waals surface area (Å²) in [7, 11) is 1.49. The lowest BCUT2D eigenvalue weighted by Gasteiger charge is -2.32. The number of rotatable bonds is 4. The van der Waals surface area contributed by atoms with Crippen molar-refractivity contribution in [2.75, 3.05) is 31.1 Å². The van der Waals surface area contributed by atoms with Crippen LogP contribution in [0, 0.1) is 15.7 Å². The van der Waals surface area contributed by atoms with Crippen molar-refractivity contribution >= 4 is 23.1 Å². The maximum absolute atomic E-state index is 8.60. The molecule has 2 aromatic carbocycles. The molecule has 187 valence electrons. The van der Waals surface area contributed by atoms with E-state index in [1.54, 1.807) is 0 Å². The Kier molecular flexibility index (Phi) is 8.15. The van der Waals surface area contributed by atoms with E-state index in [1.165, 1.54) is 22.4 Å². The Balaban J connectivity index is 0.000000623. The lowest BCUT2D eigenvalue weighted by Crippen LogP contribution is -2.58. The van der Waals surface area contributed by atoms with Crippen LogP contribution < -0.4 is 29.3 Å². The molecule has 0 atom stereocenters. The zero-order valence-electron chi connectivity index (χ0n) is 20.7. The minimum Gasteiger partial charge on any atom is -0.378 e. The highest BCUT2D eigenvalue weighted by molar-refractivity contribution is 5.68. The Morgan fingerprint density at radius 2 is 1.63 bits per heavy atom. The van der Waals surface area contributed by atoms with Gasteiger partial charge in [0, 0.05) is 26.8 Å². The van der Waals surface area contributed by atoms with Gasteiger partial charge in [-0.1, -0.05) is 56.3 Å². The lowest BCUT2D eigenvalue weighted by atomic mass is 9.75. The van der Waals surface area contributed by atoms with E-state index >= 15 is 0 Å². The molecule has 35 heavy (non-hydrogen) atoms. The lowest BCUT2D eigenvalue weighted by molar-refractivity contribution is -1.92. The van der Waals surface area contributed by atoms with Crippen LogP contribution in [-0.4, -0.2) is 30.9 Å². The molecule has 0 fully saturated rings. The van der Waals surface area contributed by atoms with Crippen LogP contribution in [0.4, 0.5) is 17.1 Å². The van der Waals surface area contributed by atoms with Gasteiger partial charge in [0.1, 0.15) is 5.69 Å². The normalized spacial score (nSPS) is 18.1. The van der Waals surface area contributed by atoms with Crippen LogP contribution >= 0.6 is 0 Å². The summed E-state index contributed by atoms with van der Waals surface area (Å²) < 4.78 is 32.7. The van der Waals surface area contributed by atoms with Gasteiger partial charge in [-0.15, -0.1) is 0 Å². The average molecular weight is 500 g/mol. The SMILES string of the molecule is CN(C)c1ccc(C=CC2=CC(=CN3[N]c4ccccc4N3C)CC(C)(C)C2)cc1.[O-][Cl+3]([O-])([O-])O. The molecule has 0 aromatic heterocycles. The van der Waals surface area contributed by atoms with Crippen molar-refractivity contribution in [2.45, 2.75) is 26.7 Å². The fraction of sp³-hybridized carbons (Fsp3) is 0.308. The molecule has 0 bridgehead atoms. The monoisotopic (exact) mass is 499 g/mol. The van der Waals surface area contributed by atoms with E-state index in [0.29, 0.717) is 0 Å². The molecule has 0 saturated carbocycles. The summed E-state index contributed by atoms with van der Waals surface area (Å²) in [6.07, 6.45) is 11.1. The van der Waals surface area contributed by atoms with Crippen molar-refractivity contribution in [2.24, 2.45) is 5.41 Å². The standard InChI is InChI=1S/C26H31N4.ClHO4/c1-26(2)17-21(11-10-20-12-14-23(15-13-20)28(3)4)16-22(18-26)19-30-27-24-8-6-7-9-25(24)29(30)5;2-1(3,4)5/h6-16,19H,17-18H2,1-5H3;(H,2,3,4,5). The third-order valence-electron chi connectivity index (χ3n) is 5.66. The topological polar surface area (TPSA) is 113 Å². The highest BCUT2D eigenvalue weighted by atomic mass is 35.7. The molecule has 4 rings (SSSR count). The summed E-state index contributed by atoms with van der Waals surface area (Å²) in [5.41, 5.74) is 12.2. The molecule has 0 amide bonds. The third-order valence-corrected chi connectivity index (χ3v) is 5.66. The Labute approximate surface area is 209 Å². The second-order valence-corrected chi connectivity index (χ2v) is 10.4. The van der Waals surface area contributed by atoms with Gasteiger partial charge in [-0.2, -0.15) is 24.5 Å². The summed E-state index contributed by atoms with van der Waals surface area (Å²) in [5.74, 6) is 0. The first-order valence-electron chi connectivity index (χ1n) is 11.1. The molecule has 1 radical (unpaired) electrons. The minimum atomic E-state index is -4.69. The van der Waals surface area contributed by atoms with Gasteiger partial charge in [0.05, 0.1) is 26.8 Å². The smallest absolute Gasteiger partial charge is 0.111 e. The van der Waals surface area contributed by atoms with Crippen LogP contribution in [0.2, 0.25) is 0 Å². The number of benzene rings is 2. The number of allylic oxidation sites excluding steroid dienone is 4. The van der Waals surface area contributed by atoms with Gasteiger partial charge in [-0.05, 0) is 59.2 Å². The first-order chi connectivity index (χ1) is 16.3. The van der Waals surface area contributed by atoms with Crippen LogP contribution in [0.1, 0.15) is 32.3 Å². The summed E-state index contributed by atoms with van der Waals surface area (Å²) in [6, 6.07) is 16.9. The molecular formula is C26H32ClN4O4. The van der Waals surface area contributed by atoms with Gasteiger partial charge in [-0.25, -0.2) is 0 Å². The molecular weight excluding hydrogens is 468 g/mol. The first-order valence-corrected chi connectivity index (χ1v) is 12.4. The zero-order valence-corrected chi connectivity index (χ0v) is 21.4. The molecule has 1 aliphatic heterocycles. The van der Waals surface area contributed by atoms with Gasteiger partial charge in [-0.3, -0.25) is 5.01 Å². The average Bonchev–Trinajstić information content (AvgIpc) is 3.06. The first kappa shape index (κ1) is 26.6. The highest BCUT2D eigenvalue weighted by Crippen LogP contribution is 2.40. The van der Waals surface area contributed by atoms with Crippen molar-refractivity contribution in [3.63, 3.8) is 0 Å². The Bertz CT molecular complexity index is 1100. The summed E-state index contributed by atoms with van der Waals surface area (Å²) in [5, 5.41) is 4.05. The van der Waals surface area contributed by atoms with Crippen molar-refractivity contribution in [1.82, 2.24) is 10.5 Å². The van der Waals surface area contributed by atoms with Crippen LogP contribution in [0.25, 0.3) is 6.08 Å². The van der Waals surface area contributed by atoms with E-state index in [9.17, 15) is 0 Å². The molecule has 1 heterocycles. The van der Waals surface area contributed by atoms with Gasteiger partial charge in [0.25, 0.3) is 0 Å². The predicted octanol–water partition coefficient (Wildman–Crippen LogP) is 1.79. The maximum atomic E-state index is 8.60. The van der Waals surface area contributed by atoms with E-state index in [1.807, 2.05) is 11.2 Å². The molecule has 1 aliphatic carbocycles. The Morgan fingerprint density at radius 1 is 1.00 bits per heavy atom. The number of para-hydroxylation sites is 1. The summed E-state index contributed by atoms with van der Waals surface area (Å²) in [6.45, 7) is 4.68. The minimum absolute atomic E-state index is 0.222. The molecule has 1 N–H and O–H groups in total. The largest absolute Gasteiger partial charge is 0.378 e. The number of anilines is 2. The molecule has 9 heteroatoms. The van der Waals surface area contributed by atoms with E-state index in [0.717, 1.165) is 24.2 Å². The van der Waals surface area contributed by atoms with Crippen LogP contribution in [0.5, 0.6) is 0 Å². The van der Waals surface area contributed by atoms with Crippen LogP contribution in [0.3, 0.4) is 0 Å². The van der Waals surface area contributed by atoms with Gasteiger partial charge < -0.3 is 4.90 Å². The van der Waals surface area contributed by atoms with Gasteiger partial charge in [0.15, 0.2) is 0 Å². The number of halogens is 1. The number of hydrazine groups is 1. The number of fused-ring (bicyclic) bond motifs is 1. The van der Waals surface area contributed by atoms with E-state index in [4.69, 9.17) is 24.1 Å². The van der Waals surface area contributed by atoms with E-state index in [2.05, 4.69) is 112 Å². The van der Waals surface area contributed by atoms with E-state index < -0.39 is 10.2 Å². The molecule has 0 spiro atoms. The third kappa shape index (κ3) is 8.02. The fourth-order valence-corrected chi connectivity index (χ4v) is 4.16. The van der Waals surface area contributed by atoms with Crippen molar-refractivity contribution < 1.29 is 28.9 Å². The Morgan fingerprint density at radius 3 is 2.23 bits per heavy atom. The highest BCUT2D eigenvalue weighted by Gasteiger charge is 2.27. The summed E-state index contributed by atoms with van der Waals surface area (Å²) in [4.78, 5) is 2.12. The number of hydrogen-bond acceptors (Lipinski definition) is 7. The van der Waals surface area contributed by atoms with Crippen molar-refractivity contribution in [3.8, 4) is 0 Å². The van der Waals surface area contributed by atoms with E-state index in [-0.39, 0.29) is 5.41 Å². The molecule has 2 aromatic rings. The van der Waals surface area contributed by atoms with Crippen molar-refractivity contribution in [3.05, 3.63) is 83.6 Å². The molecule has 0 saturated heterocycles. The quantitative estimate of drug-likeness (QED) is 0.682. The van der Waals surface area contributed by atoms with Crippen molar-refractivity contribution in [1.29, 1.82) is 0 Å². The predicted molar refractivity (Wildman–Crippen MR) is 130 cm³/mol. The molecule has 2 aliphatic rings. The number of hydrogen-bond donors (Lipinski definition) is 1. The van der Waals surface area contributed by atoms with Crippen LogP contribution in [0.15, 0.2) is 78.0 Å². The summed E-state index contributed by atoms with van der Waals surface area (Å²) >= 11 is 0. The second kappa shape index (κ2) is 10.7. The molecule has 0 unspecified atom stereocenters. The fourth-order valence-electron chi connectivity index (χ4n) is 4.16.